The predicted molar refractivity (Wildman–Crippen MR) is 84.3 cm³/mol. The van der Waals surface area contributed by atoms with Gasteiger partial charge in [-0.25, -0.2) is 9.78 Å². The van der Waals surface area contributed by atoms with Crippen LogP contribution in [0.3, 0.4) is 0 Å². The van der Waals surface area contributed by atoms with Gasteiger partial charge >= 0.3 is 5.97 Å². The second kappa shape index (κ2) is 6.76. The van der Waals surface area contributed by atoms with Gasteiger partial charge in [-0.2, -0.15) is 0 Å². The zero-order valence-corrected chi connectivity index (χ0v) is 12.8. The van der Waals surface area contributed by atoms with Crippen molar-refractivity contribution in [1.29, 1.82) is 0 Å². The van der Waals surface area contributed by atoms with Crippen molar-refractivity contribution in [1.82, 2.24) is 15.3 Å². The van der Waals surface area contributed by atoms with E-state index in [0.29, 0.717) is 22.5 Å². The number of nitrogens with zero attached hydrogens (tertiary/aromatic N) is 1. The van der Waals surface area contributed by atoms with Crippen molar-refractivity contribution < 1.29 is 14.3 Å². The Bertz CT molecular complexity index is 694. The number of hydrogen-bond donors (Lipinski definition) is 3. The number of benzene rings is 1. The number of halogens is 1. The van der Waals surface area contributed by atoms with Gasteiger partial charge in [-0.1, -0.05) is 6.07 Å². The van der Waals surface area contributed by atoms with E-state index < -0.39 is 5.97 Å². The van der Waals surface area contributed by atoms with E-state index in [1.807, 2.05) is 0 Å². The topological polar surface area (TPSA) is 96.1 Å². The SMILES string of the molecule is COC(=O)c1cccc2[nH]c(NC(=O)C3CCCN3)nc12.Cl. The molecule has 1 atom stereocenters. The molecule has 0 radical (unpaired) electrons. The molecule has 3 rings (SSSR count). The maximum atomic E-state index is 12.0. The molecular formula is C14H17ClN4O3. The molecule has 1 unspecified atom stereocenters. The van der Waals surface area contributed by atoms with Crippen molar-refractivity contribution in [3.8, 4) is 0 Å². The second-order valence-corrected chi connectivity index (χ2v) is 4.92. The average Bonchev–Trinajstić information content (AvgIpc) is 3.14. The number of imidazole rings is 1. The van der Waals surface area contributed by atoms with Crippen LogP contribution in [0.1, 0.15) is 23.2 Å². The lowest BCUT2D eigenvalue weighted by atomic mass is 10.2. The van der Waals surface area contributed by atoms with E-state index in [1.165, 1.54) is 7.11 Å². The zero-order chi connectivity index (χ0) is 14.8. The van der Waals surface area contributed by atoms with Crippen LogP contribution in [-0.2, 0) is 9.53 Å². The maximum Gasteiger partial charge on any atom is 0.340 e. The van der Waals surface area contributed by atoms with Gasteiger partial charge < -0.3 is 15.0 Å². The number of esters is 1. The van der Waals surface area contributed by atoms with Crippen LogP contribution in [0.2, 0.25) is 0 Å². The lowest BCUT2D eigenvalue weighted by Crippen LogP contribution is -2.35. The van der Waals surface area contributed by atoms with Crippen LogP contribution in [-0.4, -0.2) is 41.5 Å². The van der Waals surface area contributed by atoms with Crippen LogP contribution in [0, 0.1) is 0 Å². The average molecular weight is 325 g/mol. The largest absolute Gasteiger partial charge is 0.465 e. The molecule has 7 nitrogen and oxygen atoms in total. The molecule has 1 aromatic carbocycles. The number of fused-ring (bicyclic) bond motifs is 1. The van der Waals surface area contributed by atoms with E-state index in [2.05, 4.69) is 20.6 Å². The maximum absolute atomic E-state index is 12.0. The first-order chi connectivity index (χ1) is 10.2. The first-order valence-corrected chi connectivity index (χ1v) is 6.80. The lowest BCUT2D eigenvalue weighted by Gasteiger charge is -2.08. The molecule has 1 saturated heterocycles. The third kappa shape index (κ3) is 3.05. The molecule has 2 heterocycles. The summed E-state index contributed by atoms with van der Waals surface area (Å²) in [6.45, 7) is 0.852. The number of carbonyl (C=O) groups is 2. The fourth-order valence-electron chi connectivity index (χ4n) is 2.48. The number of methoxy groups -OCH3 is 1. The number of aromatic nitrogens is 2. The monoisotopic (exact) mass is 324 g/mol. The molecule has 118 valence electrons. The standard InChI is InChI=1S/C14H16N4O3.ClH/c1-21-13(20)8-4-2-5-9-11(8)17-14(16-9)18-12(19)10-6-3-7-15-10;/h2,4-5,10,15H,3,6-7H2,1H3,(H2,16,17,18,19);1H. The summed E-state index contributed by atoms with van der Waals surface area (Å²) in [6.07, 6.45) is 1.81. The number of nitrogens with one attached hydrogen (secondary N) is 3. The molecule has 2 aromatic rings. The molecule has 1 aliphatic rings. The van der Waals surface area contributed by atoms with Gasteiger partial charge in [-0.05, 0) is 31.5 Å². The number of anilines is 1. The molecule has 0 saturated carbocycles. The van der Waals surface area contributed by atoms with Crippen molar-refractivity contribution >= 4 is 41.3 Å². The van der Waals surface area contributed by atoms with Crippen LogP contribution >= 0.6 is 12.4 Å². The minimum Gasteiger partial charge on any atom is -0.465 e. The summed E-state index contributed by atoms with van der Waals surface area (Å²) in [5.41, 5.74) is 1.53. The Kier molecular flexibility index (Phi) is 4.99. The fourth-order valence-corrected chi connectivity index (χ4v) is 2.48. The number of rotatable bonds is 3. The molecular weight excluding hydrogens is 308 g/mol. The Hall–Kier alpha value is -2.12. The molecule has 0 aliphatic carbocycles. The first kappa shape index (κ1) is 16.3. The molecule has 22 heavy (non-hydrogen) atoms. The van der Waals surface area contributed by atoms with E-state index in [9.17, 15) is 9.59 Å². The minimum atomic E-state index is -0.456. The highest BCUT2D eigenvalue weighted by atomic mass is 35.5. The molecule has 0 bridgehead atoms. The van der Waals surface area contributed by atoms with Gasteiger partial charge in [0, 0.05) is 0 Å². The van der Waals surface area contributed by atoms with E-state index in [0.717, 1.165) is 19.4 Å². The van der Waals surface area contributed by atoms with Gasteiger partial charge in [0.25, 0.3) is 0 Å². The summed E-state index contributed by atoms with van der Waals surface area (Å²) < 4.78 is 4.73. The third-order valence-electron chi connectivity index (χ3n) is 3.54. The zero-order valence-electron chi connectivity index (χ0n) is 12.0. The highest BCUT2D eigenvalue weighted by Crippen LogP contribution is 2.19. The number of H-pyrrole nitrogens is 1. The summed E-state index contributed by atoms with van der Waals surface area (Å²) in [6, 6.07) is 4.98. The number of hydrogen-bond acceptors (Lipinski definition) is 5. The number of aromatic amines is 1. The highest BCUT2D eigenvalue weighted by molar-refractivity contribution is 6.03. The molecule has 1 aliphatic heterocycles. The van der Waals surface area contributed by atoms with Crippen LogP contribution in [0.25, 0.3) is 11.0 Å². The molecule has 0 spiro atoms. The summed E-state index contributed by atoms with van der Waals surface area (Å²) in [5, 5.41) is 5.86. The smallest absolute Gasteiger partial charge is 0.340 e. The third-order valence-corrected chi connectivity index (χ3v) is 3.54. The van der Waals surface area contributed by atoms with Crippen LogP contribution in [0.5, 0.6) is 0 Å². The Balaban J connectivity index is 0.00000176. The summed E-state index contributed by atoms with van der Waals surface area (Å²) in [5.74, 6) is -0.242. The Morgan fingerprint density at radius 1 is 1.41 bits per heavy atom. The van der Waals surface area contributed by atoms with Crippen LogP contribution in [0.15, 0.2) is 18.2 Å². The Morgan fingerprint density at radius 3 is 2.91 bits per heavy atom. The molecule has 1 amide bonds. The second-order valence-electron chi connectivity index (χ2n) is 4.92. The first-order valence-electron chi connectivity index (χ1n) is 6.80. The fraction of sp³-hybridized carbons (Fsp3) is 0.357. The quantitative estimate of drug-likeness (QED) is 0.743. The van der Waals surface area contributed by atoms with Crippen molar-refractivity contribution in [3.63, 3.8) is 0 Å². The van der Waals surface area contributed by atoms with Crippen molar-refractivity contribution in [2.45, 2.75) is 18.9 Å². The van der Waals surface area contributed by atoms with Crippen LogP contribution < -0.4 is 10.6 Å². The highest BCUT2D eigenvalue weighted by Gasteiger charge is 2.23. The summed E-state index contributed by atoms with van der Waals surface area (Å²) in [4.78, 5) is 31.0. The normalized spacial score (nSPS) is 17.0. The van der Waals surface area contributed by atoms with Gasteiger partial charge in [-0.15, -0.1) is 12.4 Å². The van der Waals surface area contributed by atoms with E-state index in [1.54, 1.807) is 18.2 Å². The van der Waals surface area contributed by atoms with Gasteiger partial charge in [0.05, 0.1) is 24.2 Å². The van der Waals surface area contributed by atoms with E-state index in [-0.39, 0.29) is 24.4 Å². The Morgan fingerprint density at radius 2 is 2.23 bits per heavy atom. The molecule has 3 N–H and O–H groups in total. The van der Waals surface area contributed by atoms with Gasteiger partial charge in [0.15, 0.2) is 0 Å². The molecule has 1 fully saturated rings. The number of para-hydroxylation sites is 1. The molecule has 1 aromatic heterocycles. The van der Waals surface area contributed by atoms with E-state index in [4.69, 9.17) is 4.74 Å². The predicted octanol–water partition coefficient (Wildman–Crippen LogP) is 1.46. The van der Waals surface area contributed by atoms with Crippen LogP contribution in [0.4, 0.5) is 5.95 Å². The van der Waals surface area contributed by atoms with Crippen molar-refractivity contribution in [3.05, 3.63) is 23.8 Å². The summed E-state index contributed by atoms with van der Waals surface area (Å²) in [7, 11) is 1.32. The van der Waals surface area contributed by atoms with E-state index >= 15 is 0 Å². The minimum absolute atomic E-state index is 0. The number of ether oxygens (including phenoxy) is 1. The van der Waals surface area contributed by atoms with Crippen molar-refractivity contribution in [2.24, 2.45) is 0 Å². The lowest BCUT2D eigenvalue weighted by molar-refractivity contribution is -0.117. The summed E-state index contributed by atoms with van der Waals surface area (Å²) >= 11 is 0. The Labute approximate surface area is 133 Å². The van der Waals surface area contributed by atoms with Crippen molar-refractivity contribution in [2.75, 3.05) is 19.0 Å². The molecule has 8 heteroatoms. The van der Waals surface area contributed by atoms with Gasteiger partial charge in [0.2, 0.25) is 11.9 Å². The number of carbonyl (C=O) groups excluding carboxylic acids is 2. The van der Waals surface area contributed by atoms with Gasteiger partial charge in [-0.3, -0.25) is 10.1 Å². The van der Waals surface area contributed by atoms with Gasteiger partial charge in [0.1, 0.15) is 5.52 Å². The number of amides is 1.